The van der Waals surface area contributed by atoms with E-state index in [-0.39, 0.29) is 0 Å². The Balaban J connectivity index is 0. The highest BCUT2D eigenvalue weighted by Crippen LogP contribution is 2.61. The molecule has 0 heterocycles. The van der Waals surface area contributed by atoms with Crippen LogP contribution in [0.15, 0.2) is 0 Å². The van der Waals surface area contributed by atoms with Crippen molar-refractivity contribution in [3.8, 4) is 0 Å². The summed E-state index contributed by atoms with van der Waals surface area (Å²) in [4.78, 5) is 0. The average molecular weight is 543 g/mol. The standard InChI is InChI=1S/C30H64P.BF4/c1-5-9-13-14-15-16-17-18-19-20-21-22-23-24-25-26-30-31(27-10-6-2,28-11-7-3)29-12-8-4;2-1(3,4)5/h5-30H2,1-4H3;/q+1;-1. The summed E-state index contributed by atoms with van der Waals surface area (Å²) in [6, 6.07) is 0. The van der Waals surface area contributed by atoms with Gasteiger partial charge in [0.15, 0.2) is 0 Å². The van der Waals surface area contributed by atoms with E-state index in [1.807, 2.05) is 0 Å². The zero-order valence-electron chi connectivity index (χ0n) is 24.9. The number of hydrogen-bond acceptors (Lipinski definition) is 0. The van der Waals surface area contributed by atoms with Crippen LogP contribution in [0.1, 0.15) is 169 Å². The van der Waals surface area contributed by atoms with Crippen molar-refractivity contribution < 1.29 is 17.3 Å². The SMILES string of the molecule is CCCCCCCCCCCCCCCCCC[P+](CCCC)(CCCC)CCCC.F[B-](F)(F)F. The lowest BCUT2D eigenvalue weighted by molar-refractivity contribution is 0.368. The van der Waals surface area contributed by atoms with Crippen molar-refractivity contribution >= 4 is 14.5 Å². The maximum absolute atomic E-state index is 9.75. The van der Waals surface area contributed by atoms with Crippen LogP contribution in [0.2, 0.25) is 0 Å². The van der Waals surface area contributed by atoms with Crippen LogP contribution in [0.4, 0.5) is 17.3 Å². The van der Waals surface area contributed by atoms with Gasteiger partial charge in [-0.05, 0) is 32.1 Å². The molecule has 0 amide bonds. The molecule has 0 atom stereocenters. The first-order chi connectivity index (χ1) is 17.2. The Kier molecular flexibility index (Phi) is 30.1. The van der Waals surface area contributed by atoms with E-state index in [9.17, 15) is 17.3 Å². The van der Waals surface area contributed by atoms with Crippen LogP contribution in [-0.2, 0) is 0 Å². The van der Waals surface area contributed by atoms with Gasteiger partial charge in [0.25, 0.3) is 0 Å². The van der Waals surface area contributed by atoms with Crippen molar-refractivity contribution in [3.05, 3.63) is 0 Å². The quantitative estimate of drug-likeness (QED) is 0.0441. The van der Waals surface area contributed by atoms with Crippen LogP contribution in [0.3, 0.4) is 0 Å². The van der Waals surface area contributed by atoms with Crippen LogP contribution in [0.25, 0.3) is 0 Å². The Labute approximate surface area is 225 Å². The summed E-state index contributed by atoms with van der Waals surface area (Å²) in [6.07, 6.45) is 39.0. The van der Waals surface area contributed by atoms with Gasteiger partial charge in [-0.15, -0.1) is 0 Å². The minimum absolute atomic E-state index is 0.634. The first-order valence-electron chi connectivity index (χ1n) is 16.0. The fourth-order valence-electron chi connectivity index (χ4n) is 5.15. The third-order valence-electron chi connectivity index (χ3n) is 7.44. The molecular weight excluding hydrogens is 478 g/mol. The second kappa shape index (κ2) is 28.2. The molecule has 0 saturated heterocycles. The van der Waals surface area contributed by atoms with Gasteiger partial charge in [-0.25, -0.2) is 0 Å². The highest BCUT2D eigenvalue weighted by atomic mass is 31.2. The maximum Gasteiger partial charge on any atom is 0.673 e. The second-order valence-electron chi connectivity index (χ2n) is 11.1. The molecule has 0 aliphatic carbocycles. The third kappa shape index (κ3) is 32.2. The summed E-state index contributed by atoms with van der Waals surface area (Å²) < 4.78 is 39.0. The highest BCUT2D eigenvalue weighted by molar-refractivity contribution is 7.75. The van der Waals surface area contributed by atoms with E-state index in [0.717, 1.165) is 0 Å². The molecule has 0 radical (unpaired) electrons. The van der Waals surface area contributed by atoms with Gasteiger partial charge < -0.3 is 17.3 Å². The molecule has 0 aliphatic heterocycles. The third-order valence-corrected chi connectivity index (χ3v) is 12.5. The molecule has 220 valence electrons. The van der Waals surface area contributed by atoms with E-state index in [1.165, 1.54) is 135 Å². The molecule has 0 N–H and O–H groups in total. The first kappa shape index (κ1) is 38.4. The fourth-order valence-corrected chi connectivity index (χ4v) is 10.3. The summed E-state index contributed by atoms with van der Waals surface area (Å²) >= 11 is 0. The molecule has 0 fully saturated rings. The lowest BCUT2D eigenvalue weighted by Gasteiger charge is -2.28. The van der Waals surface area contributed by atoms with Crippen molar-refractivity contribution in [1.82, 2.24) is 0 Å². The normalized spacial score (nSPS) is 12.0. The van der Waals surface area contributed by atoms with Crippen LogP contribution >= 0.6 is 7.26 Å². The van der Waals surface area contributed by atoms with E-state index >= 15 is 0 Å². The van der Waals surface area contributed by atoms with E-state index in [0.29, 0.717) is 0 Å². The minimum atomic E-state index is -6.00. The number of hydrogen-bond donors (Lipinski definition) is 0. The lowest BCUT2D eigenvalue weighted by atomic mass is 10.0. The Hall–Kier alpha value is 0.215. The van der Waals surface area contributed by atoms with E-state index in [1.54, 1.807) is 31.1 Å². The number of rotatable bonds is 26. The van der Waals surface area contributed by atoms with Gasteiger partial charge in [0.05, 0.1) is 24.6 Å². The highest BCUT2D eigenvalue weighted by Gasteiger charge is 2.34. The smallest absolute Gasteiger partial charge is 0.418 e. The van der Waals surface area contributed by atoms with Crippen molar-refractivity contribution in [2.75, 3.05) is 24.6 Å². The van der Waals surface area contributed by atoms with Crippen molar-refractivity contribution in [3.63, 3.8) is 0 Å². The molecule has 0 unspecified atom stereocenters. The molecule has 0 aliphatic rings. The summed E-state index contributed by atoms with van der Waals surface area (Å²) in [6.45, 7) is 9.48. The summed E-state index contributed by atoms with van der Waals surface area (Å²) in [5.74, 6) is 0. The average Bonchev–Trinajstić information content (AvgIpc) is 2.83. The lowest BCUT2D eigenvalue weighted by Crippen LogP contribution is -2.13. The molecule has 0 aromatic heterocycles. The van der Waals surface area contributed by atoms with Gasteiger partial charge in [-0.2, -0.15) is 0 Å². The van der Waals surface area contributed by atoms with Crippen molar-refractivity contribution in [2.45, 2.75) is 169 Å². The van der Waals surface area contributed by atoms with Gasteiger partial charge in [0.1, 0.15) is 0 Å². The largest absolute Gasteiger partial charge is 0.673 e. The van der Waals surface area contributed by atoms with Gasteiger partial charge in [0, 0.05) is 7.26 Å². The summed E-state index contributed by atoms with van der Waals surface area (Å²) in [7, 11) is -6.63. The van der Waals surface area contributed by atoms with Crippen LogP contribution in [0, 0.1) is 0 Å². The minimum Gasteiger partial charge on any atom is -0.418 e. The topological polar surface area (TPSA) is 0 Å². The second-order valence-corrected chi connectivity index (χ2v) is 15.6. The van der Waals surface area contributed by atoms with Gasteiger partial charge >= 0.3 is 7.25 Å². The predicted molar refractivity (Wildman–Crippen MR) is 161 cm³/mol. The summed E-state index contributed by atoms with van der Waals surface area (Å²) in [5, 5.41) is 0. The first-order valence-corrected chi connectivity index (χ1v) is 18.5. The monoisotopic (exact) mass is 542 g/mol. The van der Waals surface area contributed by atoms with Crippen LogP contribution in [-0.4, -0.2) is 31.9 Å². The maximum atomic E-state index is 9.75. The fraction of sp³-hybridized carbons (Fsp3) is 1.00. The zero-order chi connectivity index (χ0) is 27.4. The van der Waals surface area contributed by atoms with E-state index in [2.05, 4.69) is 27.7 Å². The Bertz CT molecular complexity index is 390. The van der Waals surface area contributed by atoms with Gasteiger partial charge in [-0.1, -0.05) is 137 Å². The molecule has 0 aromatic carbocycles. The molecule has 0 nitrogen and oxygen atoms in total. The predicted octanol–water partition coefficient (Wildman–Crippen LogP) is 13.0. The molecule has 0 spiro atoms. The molecule has 6 heteroatoms. The molecule has 0 aromatic rings. The van der Waals surface area contributed by atoms with E-state index < -0.39 is 14.5 Å². The van der Waals surface area contributed by atoms with Crippen LogP contribution in [0.5, 0.6) is 0 Å². The molecular formula is C30H64BF4P. The van der Waals surface area contributed by atoms with E-state index in [4.69, 9.17) is 0 Å². The Morgan fingerprint density at radius 3 is 0.778 bits per heavy atom. The summed E-state index contributed by atoms with van der Waals surface area (Å²) in [5.41, 5.74) is 0. The molecule has 0 bridgehead atoms. The Morgan fingerprint density at radius 1 is 0.333 bits per heavy atom. The molecule has 36 heavy (non-hydrogen) atoms. The Morgan fingerprint density at radius 2 is 0.528 bits per heavy atom. The molecule has 0 rings (SSSR count). The van der Waals surface area contributed by atoms with Gasteiger partial charge in [0.2, 0.25) is 0 Å². The number of halogens is 4. The van der Waals surface area contributed by atoms with Crippen molar-refractivity contribution in [1.29, 1.82) is 0 Å². The molecule has 0 saturated carbocycles. The van der Waals surface area contributed by atoms with Gasteiger partial charge in [-0.3, -0.25) is 0 Å². The zero-order valence-corrected chi connectivity index (χ0v) is 25.8. The van der Waals surface area contributed by atoms with Crippen LogP contribution < -0.4 is 0 Å². The number of unbranched alkanes of at least 4 members (excludes halogenated alkanes) is 18. The van der Waals surface area contributed by atoms with Crippen molar-refractivity contribution in [2.24, 2.45) is 0 Å².